The van der Waals surface area contributed by atoms with Crippen LogP contribution in [0.15, 0.2) is 48.5 Å². The zero-order chi connectivity index (χ0) is 13.5. The monoisotopic (exact) mass is 320 g/mol. The molecule has 0 heterocycles. The first-order valence-corrected chi connectivity index (χ1v) is 7.38. The molecule has 0 N–H and O–H groups in total. The molecule has 3 heteroatoms. The van der Waals surface area contributed by atoms with Crippen molar-refractivity contribution in [2.45, 2.75) is 12.3 Å². The number of hydrogen-bond donors (Lipinski definition) is 0. The summed E-state index contributed by atoms with van der Waals surface area (Å²) in [5.41, 5.74) is 2.32. The number of hydrogen-bond acceptors (Lipinski definition) is 2. The van der Waals surface area contributed by atoms with Crippen LogP contribution >= 0.6 is 15.9 Å². The van der Waals surface area contributed by atoms with Gasteiger partial charge in [0.15, 0.2) is 0 Å². The number of rotatable bonds is 6. The van der Waals surface area contributed by atoms with Crippen LogP contribution in [0, 0.1) is 6.92 Å². The largest absolute Gasteiger partial charge is 0.490 e. The summed E-state index contributed by atoms with van der Waals surface area (Å²) in [4.78, 5) is 0. The second-order valence-corrected chi connectivity index (χ2v) is 4.77. The standard InChI is InChI=1S/C16H17BrO2/c1-13-6-5-7-14(12-17)16(13)19-11-10-18-15-8-3-2-4-9-15/h2-9H,10-12H2,1H3. The number of benzene rings is 2. The fourth-order valence-electron chi connectivity index (χ4n) is 1.84. The molecular formula is C16H17BrO2. The summed E-state index contributed by atoms with van der Waals surface area (Å²) < 4.78 is 11.4. The SMILES string of the molecule is Cc1cccc(CBr)c1OCCOc1ccccc1. The van der Waals surface area contributed by atoms with Crippen LogP contribution in [0.4, 0.5) is 0 Å². The molecule has 0 aliphatic heterocycles. The van der Waals surface area contributed by atoms with Gasteiger partial charge in [-0.15, -0.1) is 0 Å². The number of para-hydroxylation sites is 2. The van der Waals surface area contributed by atoms with E-state index in [0.29, 0.717) is 13.2 Å². The minimum atomic E-state index is 0.541. The second-order valence-electron chi connectivity index (χ2n) is 4.21. The van der Waals surface area contributed by atoms with E-state index in [0.717, 1.165) is 22.4 Å². The topological polar surface area (TPSA) is 18.5 Å². The summed E-state index contributed by atoms with van der Waals surface area (Å²) in [6.45, 7) is 3.14. The van der Waals surface area contributed by atoms with Crippen LogP contribution in [0.2, 0.25) is 0 Å². The lowest BCUT2D eigenvalue weighted by Gasteiger charge is -2.13. The zero-order valence-corrected chi connectivity index (χ0v) is 12.5. The Morgan fingerprint density at radius 2 is 1.63 bits per heavy atom. The van der Waals surface area contributed by atoms with Crippen molar-refractivity contribution >= 4 is 15.9 Å². The molecule has 19 heavy (non-hydrogen) atoms. The number of halogens is 1. The Balaban J connectivity index is 1.86. The summed E-state index contributed by atoms with van der Waals surface area (Å²) in [5.74, 6) is 1.83. The average molecular weight is 321 g/mol. The first-order valence-electron chi connectivity index (χ1n) is 6.26. The molecule has 0 aliphatic carbocycles. The molecule has 0 aromatic heterocycles. The molecule has 0 amide bonds. The molecule has 100 valence electrons. The van der Waals surface area contributed by atoms with Crippen LogP contribution in [0.1, 0.15) is 11.1 Å². The molecule has 2 rings (SSSR count). The highest BCUT2D eigenvalue weighted by Crippen LogP contribution is 2.25. The molecule has 0 unspecified atom stereocenters. The van der Waals surface area contributed by atoms with Crippen molar-refractivity contribution in [2.24, 2.45) is 0 Å². The Hall–Kier alpha value is -1.48. The summed E-state index contributed by atoms with van der Waals surface area (Å²) in [5, 5.41) is 0.795. The molecular weight excluding hydrogens is 304 g/mol. The fourth-order valence-corrected chi connectivity index (χ4v) is 2.29. The molecule has 2 aromatic rings. The van der Waals surface area contributed by atoms with Gasteiger partial charge in [-0.05, 0) is 24.6 Å². The molecule has 0 spiro atoms. The van der Waals surface area contributed by atoms with Gasteiger partial charge in [0, 0.05) is 10.9 Å². The molecule has 0 saturated heterocycles. The van der Waals surface area contributed by atoms with Crippen molar-refractivity contribution in [3.05, 3.63) is 59.7 Å². The normalized spacial score (nSPS) is 10.2. The highest BCUT2D eigenvalue weighted by atomic mass is 79.9. The quantitative estimate of drug-likeness (QED) is 0.582. The van der Waals surface area contributed by atoms with Crippen molar-refractivity contribution in [3.63, 3.8) is 0 Å². The second kappa shape index (κ2) is 7.19. The van der Waals surface area contributed by atoms with Gasteiger partial charge in [0.2, 0.25) is 0 Å². The Morgan fingerprint density at radius 1 is 0.895 bits per heavy atom. The van der Waals surface area contributed by atoms with Crippen molar-refractivity contribution in [1.82, 2.24) is 0 Å². The van der Waals surface area contributed by atoms with E-state index < -0.39 is 0 Å². The predicted octanol–water partition coefficient (Wildman–Crippen LogP) is 4.35. The van der Waals surface area contributed by atoms with Crippen LogP contribution in [0.25, 0.3) is 0 Å². The molecule has 0 saturated carbocycles. The zero-order valence-electron chi connectivity index (χ0n) is 10.9. The Bertz CT molecular complexity index is 511. The smallest absolute Gasteiger partial charge is 0.126 e. The van der Waals surface area contributed by atoms with Crippen LogP contribution in [0.3, 0.4) is 0 Å². The van der Waals surface area contributed by atoms with Crippen LogP contribution in [-0.4, -0.2) is 13.2 Å². The van der Waals surface area contributed by atoms with Gasteiger partial charge in [0.25, 0.3) is 0 Å². The van der Waals surface area contributed by atoms with E-state index in [1.165, 1.54) is 5.56 Å². The molecule has 2 nitrogen and oxygen atoms in total. The highest BCUT2D eigenvalue weighted by molar-refractivity contribution is 9.08. The van der Waals surface area contributed by atoms with Crippen LogP contribution in [-0.2, 0) is 5.33 Å². The van der Waals surface area contributed by atoms with Gasteiger partial charge in [-0.25, -0.2) is 0 Å². The number of alkyl halides is 1. The maximum atomic E-state index is 5.83. The van der Waals surface area contributed by atoms with Crippen molar-refractivity contribution in [3.8, 4) is 11.5 Å². The lowest BCUT2D eigenvalue weighted by Crippen LogP contribution is -2.10. The van der Waals surface area contributed by atoms with E-state index >= 15 is 0 Å². The molecule has 0 aliphatic rings. The predicted molar refractivity (Wildman–Crippen MR) is 81.2 cm³/mol. The first-order chi connectivity index (χ1) is 9.31. The van der Waals surface area contributed by atoms with Crippen molar-refractivity contribution < 1.29 is 9.47 Å². The summed E-state index contributed by atoms with van der Waals surface area (Å²) in [7, 11) is 0. The molecule has 0 atom stereocenters. The third-order valence-electron chi connectivity index (χ3n) is 2.78. The summed E-state index contributed by atoms with van der Waals surface area (Å²) in [6.07, 6.45) is 0. The van der Waals surface area contributed by atoms with Crippen molar-refractivity contribution in [1.29, 1.82) is 0 Å². The van der Waals surface area contributed by atoms with Crippen molar-refractivity contribution in [2.75, 3.05) is 13.2 Å². The van der Waals surface area contributed by atoms with E-state index in [4.69, 9.17) is 9.47 Å². The van der Waals surface area contributed by atoms with E-state index in [1.807, 2.05) is 36.4 Å². The first kappa shape index (κ1) is 13.9. The fraction of sp³-hybridized carbons (Fsp3) is 0.250. The summed E-state index contributed by atoms with van der Waals surface area (Å²) >= 11 is 3.48. The van der Waals surface area contributed by atoms with Gasteiger partial charge < -0.3 is 9.47 Å². The van der Waals surface area contributed by atoms with Gasteiger partial charge in [-0.1, -0.05) is 52.3 Å². The minimum Gasteiger partial charge on any atom is -0.490 e. The van der Waals surface area contributed by atoms with E-state index in [2.05, 4.69) is 35.0 Å². The van der Waals surface area contributed by atoms with Gasteiger partial charge in [0.1, 0.15) is 24.7 Å². The van der Waals surface area contributed by atoms with Gasteiger partial charge in [-0.2, -0.15) is 0 Å². The third-order valence-corrected chi connectivity index (χ3v) is 3.38. The van der Waals surface area contributed by atoms with Crippen LogP contribution in [0.5, 0.6) is 11.5 Å². The highest BCUT2D eigenvalue weighted by Gasteiger charge is 2.05. The third kappa shape index (κ3) is 4.00. The number of aryl methyl sites for hydroxylation is 1. The van der Waals surface area contributed by atoms with Gasteiger partial charge >= 0.3 is 0 Å². The van der Waals surface area contributed by atoms with Gasteiger partial charge in [-0.3, -0.25) is 0 Å². The Morgan fingerprint density at radius 3 is 2.37 bits per heavy atom. The lowest BCUT2D eigenvalue weighted by atomic mass is 10.1. The number of ether oxygens (including phenoxy) is 2. The maximum Gasteiger partial charge on any atom is 0.126 e. The Labute approximate surface area is 122 Å². The van der Waals surface area contributed by atoms with E-state index in [1.54, 1.807) is 0 Å². The minimum absolute atomic E-state index is 0.541. The van der Waals surface area contributed by atoms with E-state index in [-0.39, 0.29) is 0 Å². The van der Waals surface area contributed by atoms with Gasteiger partial charge in [0.05, 0.1) is 0 Å². The van der Waals surface area contributed by atoms with E-state index in [9.17, 15) is 0 Å². The lowest BCUT2D eigenvalue weighted by molar-refractivity contribution is 0.215. The average Bonchev–Trinajstić information content (AvgIpc) is 2.46. The molecule has 2 aromatic carbocycles. The Kier molecular flexibility index (Phi) is 5.28. The molecule has 0 radical (unpaired) electrons. The van der Waals surface area contributed by atoms with Crippen LogP contribution < -0.4 is 9.47 Å². The molecule has 0 fully saturated rings. The maximum absolute atomic E-state index is 5.83. The summed E-state index contributed by atoms with van der Waals surface area (Å²) in [6, 6.07) is 15.9. The molecule has 0 bridgehead atoms.